The van der Waals surface area contributed by atoms with E-state index < -0.39 is 15.9 Å². The Morgan fingerprint density at radius 3 is 2.71 bits per heavy atom. The van der Waals surface area contributed by atoms with Gasteiger partial charge >= 0.3 is 0 Å². The number of carbonyl (C=O) groups excluding carboxylic acids is 1. The van der Waals surface area contributed by atoms with Gasteiger partial charge in [0.05, 0.1) is 7.11 Å². The number of carbonyl (C=O) groups is 1. The highest BCUT2D eigenvalue weighted by atomic mass is 32.2. The van der Waals surface area contributed by atoms with Crippen LogP contribution >= 0.6 is 11.3 Å². The quantitative estimate of drug-likeness (QED) is 0.694. The number of piperazine rings is 1. The number of hydrogen-bond donors (Lipinski definition) is 1. The van der Waals surface area contributed by atoms with E-state index in [9.17, 15) is 13.2 Å². The number of hydrogen-bond acceptors (Lipinski definition) is 6. The summed E-state index contributed by atoms with van der Waals surface area (Å²) in [5, 5.41) is 4.27. The molecule has 1 saturated heterocycles. The largest absolute Gasteiger partial charge is 0.497 e. The summed E-state index contributed by atoms with van der Waals surface area (Å²) < 4.78 is 32.9. The molecule has 7 nitrogen and oxygen atoms in total. The van der Waals surface area contributed by atoms with Crippen LogP contribution in [-0.4, -0.2) is 58.5 Å². The van der Waals surface area contributed by atoms with E-state index in [0.29, 0.717) is 26.2 Å². The Balaban J connectivity index is 1.72. The van der Waals surface area contributed by atoms with Crippen LogP contribution < -0.4 is 15.0 Å². The van der Waals surface area contributed by atoms with Gasteiger partial charge in [0.15, 0.2) is 0 Å². The zero-order chi connectivity index (χ0) is 20.1. The van der Waals surface area contributed by atoms with Crippen molar-refractivity contribution in [2.45, 2.75) is 4.90 Å². The average Bonchev–Trinajstić information content (AvgIpc) is 3.23. The second-order valence-corrected chi connectivity index (χ2v) is 9.03. The minimum atomic E-state index is -3.73. The van der Waals surface area contributed by atoms with E-state index in [-0.39, 0.29) is 16.3 Å². The molecule has 1 aromatic heterocycles. The number of amides is 1. The lowest BCUT2D eigenvalue weighted by Gasteiger charge is -2.35. The van der Waals surface area contributed by atoms with Crippen LogP contribution in [0.4, 0.5) is 5.69 Å². The van der Waals surface area contributed by atoms with Crippen LogP contribution in [-0.2, 0) is 10.0 Å². The van der Waals surface area contributed by atoms with Crippen molar-refractivity contribution < 1.29 is 17.9 Å². The first-order valence-corrected chi connectivity index (χ1v) is 11.1. The third kappa shape index (κ3) is 4.21. The molecule has 1 N–H and O–H groups in total. The zero-order valence-corrected chi connectivity index (χ0v) is 17.3. The second kappa shape index (κ2) is 8.76. The summed E-state index contributed by atoms with van der Waals surface area (Å²) in [6.07, 6.45) is 1.55. The summed E-state index contributed by atoms with van der Waals surface area (Å²) in [5.74, 6) is 0.365. The molecule has 0 atom stereocenters. The van der Waals surface area contributed by atoms with Gasteiger partial charge in [0, 0.05) is 44.5 Å². The highest BCUT2D eigenvalue weighted by Gasteiger charge is 2.32. The first kappa shape index (κ1) is 20.4. The van der Waals surface area contributed by atoms with Crippen molar-refractivity contribution in [1.82, 2.24) is 9.62 Å². The Morgan fingerprint density at radius 2 is 2.04 bits per heavy atom. The minimum absolute atomic E-state index is 0.0638. The van der Waals surface area contributed by atoms with Crippen molar-refractivity contribution in [3.05, 3.63) is 53.2 Å². The number of benzene rings is 1. The van der Waals surface area contributed by atoms with E-state index in [4.69, 9.17) is 4.74 Å². The van der Waals surface area contributed by atoms with Crippen LogP contribution in [0.2, 0.25) is 0 Å². The van der Waals surface area contributed by atoms with Crippen molar-refractivity contribution in [3.63, 3.8) is 0 Å². The normalized spacial score (nSPS) is 15.2. The van der Waals surface area contributed by atoms with Gasteiger partial charge in [-0.25, -0.2) is 8.42 Å². The van der Waals surface area contributed by atoms with Gasteiger partial charge in [0.25, 0.3) is 5.91 Å². The predicted octanol–water partition coefficient (Wildman–Crippen LogP) is 2.18. The molecule has 3 rings (SSSR count). The number of nitrogens with zero attached hydrogens (tertiary/aromatic N) is 2. The monoisotopic (exact) mass is 421 g/mol. The lowest BCUT2D eigenvalue weighted by Crippen LogP contribution is -2.48. The molecule has 2 heterocycles. The van der Waals surface area contributed by atoms with E-state index >= 15 is 0 Å². The molecule has 0 saturated carbocycles. The molecule has 150 valence electrons. The first-order valence-electron chi connectivity index (χ1n) is 8.83. The molecule has 0 spiro atoms. The van der Waals surface area contributed by atoms with Gasteiger partial charge in [-0.2, -0.15) is 4.31 Å². The maximum atomic E-state index is 13.1. The lowest BCUT2D eigenvalue weighted by atomic mass is 10.2. The minimum Gasteiger partial charge on any atom is -0.497 e. The molecule has 2 aromatic rings. The summed E-state index contributed by atoms with van der Waals surface area (Å²) >= 11 is 1.12. The Hall–Kier alpha value is -2.36. The first-order chi connectivity index (χ1) is 13.5. The summed E-state index contributed by atoms with van der Waals surface area (Å²) in [7, 11) is -2.11. The van der Waals surface area contributed by atoms with E-state index in [2.05, 4.69) is 16.8 Å². The summed E-state index contributed by atoms with van der Waals surface area (Å²) in [6, 6.07) is 9.20. The molecular formula is C19H23N3O4S2. The third-order valence-electron chi connectivity index (χ3n) is 4.52. The maximum absolute atomic E-state index is 13.1. The molecule has 1 aromatic carbocycles. The Bertz CT molecular complexity index is 948. The Morgan fingerprint density at radius 1 is 1.29 bits per heavy atom. The smallest absolute Gasteiger partial charge is 0.262 e. The average molecular weight is 422 g/mol. The molecule has 0 radical (unpaired) electrons. The van der Waals surface area contributed by atoms with Crippen molar-refractivity contribution >= 4 is 33.0 Å². The van der Waals surface area contributed by atoms with Gasteiger partial charge < -0.3 is 15.0 Å². The van der Waals surface area contributed by atoms with Crippen molar-refractivity contribution in [1.29, 1.82) is 0 Å². The number of methoxy groups -OCH3 is 1. The van der Waals surface area contributed by atoms with Crippen LogP contribution in [0.5, 0.6) is 5.75 Å². The summed E-state index contributed by atoms with van der Waals surface area (Å²) in [4.78, 5) is 14.7. The molecule has 1 aliphatic rings. The van der Waals surface area contributed by atoms with Gasteiger partial charge in [0.2, 0.25) is 10.0 Å². The number of rotatable bonds is 7. The van der Waals surface area contributed by atoms with Crippen molar-refractivity contribution in [2.75, 3.05) is 44.7 Å². The molecule has 0 aliphatic carbocycles. The van der Waals surface area contributed by atoms with E-state index in [1.807, 2.05) is 24.3 Å². The zero-order valence-electron chi connectivity index (χ0n) is 15.6. The van der Waals surface area contributed by atoms with Gasteiger partial charge in [-0.15, -0.1) is 17.9 Å². The number of anilines is 1. The SMILES string of the molecule is C=CCNC(=O)c1sccc1S(=O)(=O)N1CCN(c2cccc(OC)c2)CC1. The Kier molecular flexibility index (Phi) is 6.38. The fourth-order valence-corrected chi connectivity index (χ4v) is 5.78. The van der Waals surface area contributed by atoms with Crippen LogP contribution in [0, 0.1) is 0 Å². The van der Waals surface area contributed by atoms with Crippen LogP contribution in [0.3, 0.4) is 0 Å². The molecular weight excluding hydrogens is 398 g/mol. The third-order valence-corrected chi connectivity index (χ3v) is 7.50. The topological polar surface area (TPSA) is 79.0 Å². The lowest BCUT2D eigenvalue weighted by molar-refractivity contribution is 0.0959. The second-order valence-electron chi connectivity index (χ2n) is 6.21. The highest BCUT2D eigenvalue weighted by Crippen LogP contribution is 2.28. The summed E-state index contributed by atoms with van der Waals surface area (Å²) in [5.41, 5.74) is 0.997. The fourth-order valence-electron chi connectivity index (χ4n) is 3.04. The standard InChI is InChI=1S/C19H23N3O4S2/c1-3-8-20-19(23)18-17(7-13-27-18)28(24,25)22-11-9-21(10-12-22)15-5-4-6-16(14-15)26-2/h3-7,13-14H,1,8-12H2,2H3,(H,20,23). The van der Waals surface area contributed by atoms with Gasteiger partial charge in [-0.3, -0.25) is 4.79 Å². The molecule has 1 fully saturated rings. The number of nitrogens with one attached hydrogen (secondary N) is 1. The van der Waals surface area contributed by atoms with E-state index in [1.54, 1.807) is 18.6 Å². The fraction of sp³-hybridized carbons (Fsp3) is 0.316. The van der Waals surface area contributed by atoms with E-state index in [1.165, 1.54) is 10.4 Å². The number of sulfonamides is 1. The molecule has 1 aliphatic heterocycles. The molecule has 0 bridgehead atoms. The van der Waals surface area contributed by atoms with Gasteiger partial charge in [-0.05, 0) is 23.6 Å². The molecule has 1 amide bonds. The van der Waals surface area contributed by atoms with Crippen molar-refractivity contribution in [3.8, 4) is 5.75 Å². The maximum Gasteiger partial charge on any atom is 0.262 e. The van der Waals surface area contributed by atoms with Crippen molar-refractivity contribution in [2.24, 2.45) is 0 Å². The highest BCUT2D eigenvalue weighted by molar-refractivity contribution is 7.89. The number of ether oxygens (including phenoxy) is 1. The Labute approximate surface area is 169 Å². The molecule has 9 heteroatoms. The predicted molar refractivity (Wildman–Crippen MR) is 111 cm³/mol. The molecule has 28 heavy (non-hydrogen) atoms. The van der Waals surface area contributed by atoms with Crippen LogP contribution in [0.1, 0.15) is 9.67 Å². The van der Waals surface area contributed by atoms with Crippen LogP contribution in [0.25, 0.3) is 0 Å². The molecule has 0 unspecified atom stereocenters. The number of thiophene rings is 1. The van der Waals surface area contributed by atoms with Gasteiger partial charge in [-0.1, -0.05) is 12.1 Å². The van der Waals surface area contributed by atoms with E-state index in [0.717, 1.165) is 22.8 Å². The van der Waals surface area contributed by atoms with Gasteiger partial charge in [0.1, 0.15) is 15.5 Å². The van der Waals surface area contributed by atoms with Crippen LogP contribution in [0.15, 0.2) is 53.3 Å². The summed E-state index contributed by atoms with van der Waals surface area (Å²) in [6.45, 7) is 5.67.